The molecule has 1 heterocycles. The predicted octanol–water partition coefficient (Wildman–Crippen LogP) is 4.37. The van der Waals surface area contributed by atoms with Crippen LogP contribution in [-0.2, 0) is 13.0 Å². The maximum absolute atomic E-state index is 6.01. The zero-order valence-corrected chi connectivity index (χ0v) is 13.3. The molecule has 1 aromatic heterocycles. The fraction of sp³-hybridized carbons (Fsp3) is 0.333. The number of ether oxygens (including phenoxy) is 1. The Kier molecular flexibility index (Phi) is 5.43. The van der Waals surface area contributed by atoms with Gasteiger partial charge in [0, 0.05) is 10.5 Å². The summed E-state index contributed by atoms with van der Waals surface area (Å²) in [6.45, 7) is 2.72. The van der Waals surface area contributed by atoms with Crippen LogP contribution in [0.15, 0.2) is 39.5 Å². The summed E-state index contributed by atoms with van der Waals surface area (Å²) in [6, 6.07) is 8.37. The second-order valence-corrected chi connectivity index (χ2v) is 6.18. The second-order valence-electron chi connectivity index (χ2n) is 4.55. The number of hydrogen-bond donors (Lipinski definition) is 1. The standard InChI is InChI=1S/C15H18BrNOS/c1-2-13(17)7-12-8-14(3-4-15(12)16)18-9-11-5-6-19-10-11/h3-6,8,10,13H,2,7,9,17H2,1H3. The Hall–Kier alpha value is -0.840. The molecule has 1 atom stereocenters. The van der Waals surface area contributed by atoms with Crippen LogP contribution in [0, 0.1) is 0 Å². The van der Waals surface area contributed by atoms with Crippen molar-refractivity contribution in [3.63, 3.8) is 0 Å². The first-order valence-electron chi connectivity index (χ1n) is 6.37. The van der Waals surface area contributed by atoms with Crippen LogP contribution in [0.3, 0.4) is 0 Å². The summed E-state index contributed by atoms with van der Waals surface area (Å²) >= 11 is 5.26. The van der Waals surface area contributed by atoms with Crippen LogP contribution in [0.1, 0.15) is 24.5 Å². The third-order valence-electron chi connectivity index (χ3n) is 3.01. The monoisotopic (exact) mass is 339 g/mol. The summed E-state index contributed by atoms with van der Waals surface area (Å²) in [5, 5.41) is 4.17. The molecule has 0 aliphatic rings. The van der Waals surface area contributed by atoms with Crippen LogP contribution in [0.4, 0.5) is 0 Å². The third kappa shape index (κ3) is 4.34. The van der Waals surface area contributed by atoms with Crippen molar-refractivity contribution in [2.75, 3.05) is 0 Å². The van der Waals surface area contributed by atoms with Gasteiger partial charge in [0.15, 0.2) is 0 Å². The van der Waals surface area contributed by atoms with Crippen molar-refractivity contribution in [3.8, 4) is 5.75 Å². The highest BCUT2D eigenvalue weighted by Gasteiger charge is 2.07. The van der Waals surface area contributed by atoms with Crippen molar-refractivity contribution in [1.29, 1.82) is 0 Å². The van der Waals surface area contributed by atoms with Gasteiger partial charge in [0.1, 0.15) is 12.4 Å². The van der Waals surface area contributed by atoms with E-state index in [0.717, 1.165) is 23.1 Å². The molecule has 4 heteroatoms. The SMILES string of the molecule is CCC(N)Cc1cc(OCc2ccsc2)ccc1Br. The highest BCUT2D eigenvalue weighted by Crippen LogP contribution is 2.24. The molecule has 0 saturated heterocycles. The van der Waals surface area contributed by atoms with Crippen LogP contribution >= 0.6 is 27.3 Å². The molecule has 2 aromatic rings. The van der Waals surface area contributed by atoms with E-state index in [-0.39, 0.29) is 6.04 Å². The molecule has 0 aliphatic heterocycles. The Labute approximate surface area is 126 Å². The highest BCUT2D eigenvalue weighted by atomic mass is 79.9. The molecule has 2 N–H and O–H groups in total. The molecule has 2 nitrogen and oxygen atoms in total. The fourth-order valence-electron chi connectivity index (χ4n) is 1.77. The first-order valence-corrected chi connectivity index (χ1v) is 8.10. The zero-order valence-electron chi connectivity index (χ0n) is 10.9. The Bertz CT molecular complexity index is 513. The number of benzene rings is 1. The molecule has 0 aliphatic carbocycles. The minimum Gasteiger partial charge on any atom is -0.489 e. The third-order valence-corrected chi connectivity index (χ3v) is 4.51. The first kappa shape index (κ1) is 14.6. The molecule has 0 bridgehead atoms. The summed E-state index contributed by atoms with van der Waals surface area (Å²) in [5.41, 5.74) is 8.43. The molecule has 102 valence electrons. The average Bonchev–Trinajstić information content (AvgIpc) is 2.92. The summed E-state index contributed by atoms with van der Waals surface area (Å²) in [4.78, 5) is 0. The highest BCUT2D eigenvalue weighted by molar-refractivity contribution is 9.10. The van der Waals surface area contributed by atoms with Gasteiger partial charge in [-0.05, 0) is 59.0 Å². The Balaban J connectivity index is 2.03. The van der Waals surface area contributed by atoms with Gasteiger partial charge in [0.25, 0.3) is 0 Å². The Morgan fingerprint density at radius 2 is 2.21 bits per heavy atom. The molecule has 0 fully saturated rings. The van der Waals surface area contributed by atoms with Crippen molar-refractivity contribution in [3.05, 3.63) is 50.6 Å². The van der Waals surface area contributed by atoms with E-state index in [1.165, 1.54) is 11.1 Å². The van der Waals surface area contributed by atoms with Gasteiger partial charge in [-0.3, -0.25) is 0 Å². The molecule has 0 saturated carbocycles. The van der Waals surface area contributed by atoms with E-state index in [4.69, 9.17) is 10.5 Å². The molecule has 19 heavy (non-hydrogen) atoms. The van der Waals surface area contributed by atoms with Gasteiger partial charge in [-0.1, -0.05) is 22.9 Å². The summed E-state index contributed by atoms with van der Waals surface area (Å²) < 4.78 is 6.90. The summed E-state index contributed by atoms with van der Waals surface area (Å²) in [7, 11) is 0. The smallest absolute Gasteiger partial charge is 0.120 e. The number of rotatable bonds is 6. The molecule has 1 unspecified atom stereocenters. The minimum absolute atomic E-state index is 0.198. The van der Waals surface area contributed by atoms with E-state index < -0.39 is 0 Å². The van der Waals surface area contributed by atoms with Gasteiger partial charge < -0.3 is 10.5 Å². The Morgan fingerprint density at radius 3 is 2.89 bits per heavy atom. The van der Waals surface area contributed by atoms with E-state index in [9.17, 15) is 0 Å². The maximum atomic E-state index is 6.01. The molecular weight excluding hydrogens is 322 g/mol. The van der Waals surface area contributed by atoms with Crippen LogP contribution in [0.2, 0.25) is 0 Å². The van der Waals surface area contributed by atoms with Crippen LogP contribution in [0.25, 0.3) is 0 Å². The van der Waals surface area contributed by atoms with E-state index in [1.807, 2.05) is 12.1 Å². The number of hydrogen-bond acceptors (Lipinski definition) is 3. The van der Waals surface area contributed by atoms with Gasteiger partial charge in [-0.25, -0.2) is 0 Å². The molecule has 0 radical (unpaired) electrons. The van der Waals surface area contributed by atoms with Gasteiger partial charge in [-0.15, -0.1) is 0 Å². The molecule has 0 spiro atoms. The largest absolute Gasteiger partial charge is 0.489 e. The van der Waals surface area contributed by atoms with Gasteiger partial charge in [-0.2, -0.15) is 11.3 Å². The maximum Gasteiger partial charge on any atom is 0.120 e. The van der Waals surface area contributed by atoms with E-state index >= 15 is 0 Å². The van der Waals surface area contributed by atoms with E-state index in [0.29, 0.717) is 6.61 Å². The lowest BCUT2D eigenvalue weighted by atomic mass is 10.0. The van der Waals surface area contributed by atoms with Crippen LogP contribution in [-0.4, -0.2) is 6.04 Å². The van der Waals surface area contributed by atoms with Crippen molar-refractivity contribution in [2.45, 2.75) is 32.4 Å². The minimum atomic E-state index is 0.198. The average molecular weight is 340 g/mol. The molecule has 0 amide bonds. The van der Waals surface area contributed by atoms with E-state index in [2.05, 4.69) is 45.7 Å². The lowest BCUT2D eigenvalue weighted by Gasteiger charge is -2.12. The number of nitrogens with two attached hydrogens (primary N) is 1. The second kappa shape index (κ2) is 7.08. The van der Waals surface area contributed by atoms with Crippen LogP contribution in [0.5, 0.6) is 5.75 Å². The van der Waals surface area contributed by atoms with Gasteiger partial charge in [0.2, 0.25) is 0 Å². The summed E-state index contributed by atoms with van der Waals surface area (Å²) in [5.74, 6) is 0.896. The van der Waals surface area contributed by atoms with E-state index in [1.54, 1.807) is 11.3 Å². The number of halogens is 1. The van der Waals surface area contributed by atoms with Crippen molar-refractivity contribution in [2.24, 2.45) is 5.73 Å². The first-order chi connectivity index (χ1) is 9.19. The lowest BCUT2D eigenvalue weighted by Crippen LogP contribution is -2.21. The Morgan fingerprint density at radius 1 is 1.37 bits per heavy atom. The zero-order chi connectivity index (χ0) is 13.7. The van der Waals surface area contributed by atoms with Crippen molar-refractivity contribution < 1.29 is 4.74 Å². The topological polar surface area (TPSA) is 35.2 Å². The van der Waals surface area contributed by atoms with Gasteiger partial charge in [0.05, 0.1) is 0 Å². The predicted molar refractivity (Wildman–Crippen MR) is 84.8 cm³/mol. The fourth-order valence-corrected chi connectivity index (χ4v) is 2.83. The quantitative estimate of drug-likeness (QED) is 0.847. The molecule has 2 rings (SSSR count). The van der Waals surface area contributed by atoms with Crippen LogP contribution < -0.4 is 10.5 Å². The normalized spacial score (nSPS) is 12.4. The molecular formula is C15H18BrNOS. The number of thiophene rings is 1. The molecule has 1 aromatic carbocycles. The van der Waals surface area contributed by atoms with Crippen molar-refractivity contribution >= 4 is 27.3 Å². The summed E-state index contributed by atoms with van der Waals surface area (Å²) in [6.07, 6.45) is 1.85. The van der Waals surface area contributed by atoms with Gasteiger partial charge >= 0.3 is 0 Å². The lowest BCUT2D eigenvalue weighted by molar-refractivity contribution is 0.306. The van der Waals surface area contributed by atoms with Crippen molar-refractivity contribution in [1.82, 2.24) is 0 Å².